The topological polar surface area (TPSA) is 40.6 Å². The van der Waals surface area contributed by atoms with E-state index in [2.05, 4.69) is 0 Å². The highest BCUT2D eigenvalue weighted by Gasteiger charge is 2.37. The Morgan fingerprint density at radius 1 is 1.38 bits per heavy atom. The summed E-state index contributed by atoms with van der Waals surface area (Å²) in [4.78, 5) is 29.7. The largest absolute Gasteiger partial charge is 0.338 e. The van der Waals surface area contributed by atoms with Gasteiger partial charge in [0.05, 0.1) is 12.0 Å². The molecule has 2 atom stereocenters. The Balaban J connectivity index is 1.72. The number of benzene rings is 1. The van der Waals surface area contributed by atoms with Crippen LogP contribution in [0.3, 0.4) is 0 Å². The molecule has 1 aromatic carbocycles. The van der Waals surface area contributed by atoms with Crippen molar-refractivity contribution in [3.63, 3.8) is 0 Å². The normalized spacial score (nSPS) is 18.7. The van der Waals surface area contributed by atoms with Crippen molar-refractivity contribution >= 4 is 40.4 Å². The molecule has 1 saturated heterocycles. The fourth-order valence-corrected chi connectivity index (χ4v) is 3.98. The summed E-state index contributed by atoms with van der Waals surface area (Å²) in [6.45, 7) is 2.41. The Labute approximate surface area is 150 Å². The maximum Gasteiger partial charge on any atom is 0.228 e. The van der Waals surface area contributed by atoms with E-state index in [4.69, 9.17) is 11.6 Å². The quantitative estimate of drug-likeness (QED) is 0.825. The number of carbonyl (C=O) groups is 2. The predicted octanol–water partition coefficient (Wildman–Crippen LogP) is 3.97. The van der Waals surface area contributed by atoms with E-state index >= 15 is 0 Å². The summed E-state index contributed by atoms with van der Waals surface area (Å²) < 4.78 is 0. The van der Waals surface area contributed by atoms with E-state index in [9.17, 15) is 9.59 Å². The van der Waals surface area contributed by atoms with Gasteiger partial charge >= 0.3 is 0 Å². The van der Waals surface area contributed by atoms with Gasteiger partial charge in [0.15, 0.2) is 0 Å². The van der Waals surface area contributed by atoms with E-state index in [1.54, 1.807) is 40.3 Å². The highest BCUT2D eigenvalue weighted by atomic mass is 35.5. The fraction of sp³-hybridized carbons (Fsp3) is 0.333. The minimum absolute atomic E-state index is 0.00724. The number of rotatable bonds is 4. The number of hydrogen-bond acceptors (Lipinski definition) is 3. The molecule has 1 aromatic heterocycles. The van der Waals surface area contributed by atoms with Crippen LogP contribution in [0, 0.1) is 5.92 Å². The monoisotopic (exact) mass is 362 g/mol. The van der Waals surface area contributed by atoms with Crippen LogP contribution in [0.5, 0.6) is 0 Å². The summed E-state index contributed by atoms with van der Waals surface area (Å²) in [5, 5.41) is 2.59. The minimum atomic E-state index is -0.316. The lowest BCUT2D eigenvalue weighted by atomic mass is 10.1. The van der Waals surface area contributed by atoms with Gasteiger partial charge in [-0.05, 0) is 36.6 Å². The van der Waals surface area contributed by atoms with Crippen LogP contribution in [0.15, 0.2) is 41.8 Å². The van der Waals surface area contributed by atoms with E-state index in [0.717, 1.165) is 10.6 Å². The average molecular weight is 363 g/mol. The zero-order valence-corrected chi connectivity index (χ0v) is 15.2. The molecule has 0 radical (unpaired) electrons. The van der Waals surface area contributed by atoms with Crippen molar-refractivity contribution < 1.29 is 9.59 Å². The molecule has 0 unspecified atom stereocenters. The number of halogens is 1. The first-order valence-electron chi connectivity index (χ1n) is 7.83. The third-order valence-corrected chi connectivity index (χ3v) is 5.76. The molecule has 0 saturated carbocycles. The maximum atomic E-state index is 12.8. The molecule has 4 nitrogen and oxygen atoms in total. The molecule has 0 N–H and O–H groups in total. The molecule has 2 amide bonds. The Morgan fingerprint density at radius 3 is 2.83 bits per heavy atom. The van der Waals surface area contributed by atoms with Crippen molar-refractivity contribution in [2.45, 2.75) is 19.4 Å². The molecule has 2 heterocycles. The summed E-state index contributed by atoms with van der Waals surface area (Å²) in [5.74, 6) is -0.342. The van der Waals surface area contributed by atoms with Crippen molar-refractivity contribution in [2.24, 2.45) is 5.92 Å². The average Bonchev–Trinajstić information content (AvgIpc) is 3.22. The van der Waals surface area contributed by atoms with E-state index < -0.39 is 0 Å². The van der Waals surface area contributed by atoms with Crippen molar-refractivity contribution in [3.8, 4) is 0 Å². The van der Waals surface area contributed by atoms with Crippen molar-refractivity contribution in [1.29, 1.82) is 0 Å². The number of hydrogen-bond donors (Lipinski definition) is 0. The molecular weight excluding hydrogens is 344 g/mol. The molecule has 0 bridgehead atoms. The molecule has 0 spiro atoms. The second-order valence-corrected chi connectivity index (χ2v) is 7.44. The van der Waals surface area contributed by atoms with Crippen LogP contribution in [0.4, 0.5) is 5.69 Å². The Kier molecular flexibility index (Phi) is 4.92. The van der Waals surface area contributed by atoms with Crippen LogP contribution in [-0.4, -0.2) is 30.3 Å². The van der Waals surface area contributed by atoms with Gasteiger partial charge in [0.2, 0.25) is 11.8 Å². The summed E-state index contributed by atoms with van der Waals surface area (Å²) >= 11 is 7.64. The lowest BCUT2D eigenvalue weighted by molar-refractivity contribution is -0.136. The van der Waals surface area contributed by atoms with E-state index in [0.29, 0.717) is 11.6 Å². The van der Waals surface area contributed by atoms with Gasteiger partial charge in [0.25, 0.3) is 0 Å². The number of carbonyl (C=O) groups excluding carboxylic acids is 2. The number of thiophene rings is 1. The molecular formula is C18H19ClN2O2S. The van der Waals surface area contributed by atoms with Gasteiger partial charge in [0.1, 0.15) is 0 Å². The fourth-order valence-electron chi connectivity index (χ4n) is 2.97. The molecule has 6 heteroatoms. The molecule has 2 aromatic rings. The number of nitrogens with zero attached hydrogens (tertiary/aromatic N) is 2. The molecule has 3 rings (SSSR count). The first kappa shape index (κ1) is 17.0. The molecule has 0 aliphatic carbocycles. The lowest BCUT2D eigenvalue weighted by Gasteiger charge is -2.27. The minimum Gasteiger partial charge on any atom is -0.338 e. The Bertz CT molecular complexity index is 747. The third kappa shape index (κ3) is 3.32. The maximum absolute atomic E-state index is 12.8. The molecule has 126 valence electrons. The van der Waals surface area contributed by atoms with Crippen LogP contribution in [0.2, 0.25) is 5.02 Å². The molecule has 1 fully saturated rings. The van der Waals surface area contributed by atoms with Crippen molar-refractivity contribution in [2.75, 3.05) is 18.5 Å². The zero-order valence-electron chi connectivity index (χ0n) is 13.6. The molecule has 1 aliphatic heterocycles. The molecule has 24 heavy (non-hydrogen) atoms. The van der Waals surface area contributed by atoms with Crippen LogP contribution in [-0.2, 0) is 9.59 Å². The smallest absolute Gasteiger partial charge is 0.228 e. The van der Waals surface area contributed by atoms with Gasteiger partial charge in [-0.3, -0.25) is 9.59 Å². The highest BCUT2D eigenvalue weighted by molar-refractivity contribution is 7.10. The SMILES string of the molecule is C[C@H](c1cccs1)N(C)C(=O)[C@@H]1CC(=O)N(c2cccc(Cl)c2)C1. The van der Waals surface area contributed by atoms with Crippen LogP contribution >= 0.6 is 22.9 Å². The number of anilines is 1. The summed E-state index contributed by atoms with van der Waals surface area (Å²) in [7, 11) is 1.80. The summed E-state index contributed by atoms with van der Waals surface area (Å²) in [6, 6.07) is 11.2. The highest BCUT2D eigenvalue weighted by Crippen LogP contribution is 2.30. The zero-order chi connectivity index (χ0) is 17.3. The third-order valence-electron chi connectivity index (χ3n) is 4.48. The van der Waals surface area contributed by atoms with Gasteiger partial charge < -0.3 is 9.80 Å². The standard InChI is InChI=1S/C18H19ClN2O2S/c1-12(16-7-4-8-24-16)20(2)18(23)13-9-17(22)21(11-13)15-6-3-5-14(19)10-15/h3-8,10,12-13H,9,11H2,1-2H3/t12-,13-/m1/s1. The second-order valence-electron chi connectivity index (χ2n) is 6.03. The van der Waals surface area contributed by atoms with Gasteiger partial charge in [-0.2, -0.15) is 0 Å². The number of amides is 2. The van der Waals surface area contributed by atoms with Crippen LogP contribution < -0.4 is 4.90 Å². The van der Waals surface area contributed by atoms with Crippen molar-refractivity contribution in [1.82, 2.24) is 4.90 Å². The van der Waals surface area contributed by atoms with Crippen LogP contribution in [0.1, 0.15) is 24.3 Å². The second kappa shape index (κ2) is 6.95. The lowest BCUT2D eigenvalue weighted by Crippen LogP contribution is -2.36. The summed E-state index contributed by atoms with van der Waals surface area (Å²) in [6.07, 6.45) is 0.243. The van der Waals surface area contributed by atoms with Crippen LogP contribution in [0.25, 0.3) is 0 Å². The summed E-state index contributed by atoms with van der Waals surface area (Å²) in [5.41, 5.74) is 0.747. The van der Waals surface area contributed by atoms with E-state index in [-0.39, 0.29) is 30.2 Å². The predicted molar refractivity (Wildman–Crippen MR) is 97.4 cm³/mol. The van der Waals surface area contributed by atoms with E-state index in [1.807, 2.05) is 36.6 Å². The van der Waals surface area contributed by atoms with Gasteiger partial charge in [-0.25, -0.2) is 0 Å². The first-order chi connectivity index (χ1) is 11.5. The molecule has 1 aliphatic rings. The van der Waals surface area contributed by atoms with Gasteiger partial charge in [-0.15, -0.1) is 11.3 Å². The van der Waals surface area contributed by atoms with Gasteiger partial charge in [0, 0.05) is 35.6 Å². The van der Waals surface area contributed by atoms with Gasteiger partial charge in [-0.1, -0.05) is 23.7 Å². The van der Waals surface area contributed by atoms with E-state index in [1.165, 1.54) is 0 Å². The van der Waals surface area contributed by atoms with Crippen molar-refractivity contribution in [3.05, 3.63) is 51.7 Å². The Hall–Kier alpha value is -1.85. The Morgan fingerprint density at radius 2 is 2.17 bits per heavy atom. The first-order valence-corrected chi connectivity index (χ1v) is 9.09.